The summed E-state index contributed by atoms with van der Waals surface area (Å²) in [6.07, 6.45) is 0.959. The minimum Gasteiger partial charge on any atom is -0.355 e. The van der Waals surface area contributed by atoms with Gasteiger partial charge in [0.05, 0.1) is 5.92 Å². The molecule has 134 valence electrons. The second-order valence-corrected chi connectivity index (χ2v) is 6.62. The summed E-state index contributed by atoms with van der Waals surface area (Å²) in [5.41, 5.74) is 0.837. The van der Waals surface area contributed by atoms with E-state index in [1.165, 1.54) is 6.07 Å². The molecule has 0 bridgehead atoms. The largest absolute Gasteiger partial charge is 0.355 e. The zero-order valence-corrected chi connectivity index (χ0v) is 14.3. The van der Waals surface area contributed by atoms with E-state index in [-0.39, 0.29) is 29.5 Å². The highest BCUT2D eigenvalue weighted by Gasteiger charge is 2.31. The van der Waals surface area contributed by atoms with Crippen LogP contribution in [0.4, 0.5) is 4.39 Å². The zero-order chi connectivity index (χ0) is 18.0. The van der Waals surface area contributed by atoms with Crippen molar-refractivity contribution in [1.82, 2.24) is 15.1 Å². The van der Waals surface area contributed by atoms with Crippen molar-refractivity contribution in [3.63, 3.8) is 0 Å². The first-order valence-corrected chi connectivity index (χ1v) is 8.56. The summed E-state index contributed by atoms with van der Waals surface area (Å²) in [6.45, 7) is 3.83. The maximum Gasteiger partial charge on any atom is 0.254 e. The minimum atomic E-state index is -0.390. The van der Waals surface area contributed by atoms with Crippen molar-refractivity contribution in [2.45, 2.75) is 19.8 Å². The Bertz CT molecular complexity index is 689. The predicted molar refractivity (Wildman–Crippen MR) is 89.4 cm³/mol. The van der Waals surface area contributed by atoms with Gasteiger partial charge in [-0.2, -0.15) is 0 Å². The lowest BCUT2D eigenvalue weighted by Gasteiger charge is -2.37. The number of benzene rings is 1. The molecule has 6 nitrogen and oxygen atoms in total. The minimum absolute atomic E-state index is 0.00945. The molecular weight excluding hydrogens is 325 g/mol. The topological polar surface area (TPSA) is 69.7 Å². The van der Waals surface area contributed by atoms with Crippen LogP contribution in [-0.4, -0.2) is 60.2 Å². The van der Waals surface area contributed by atoms with E-state index in [9.17, 15) is 18.8 Å². The monoisotopic (exact) mass is 347 g/mol. The number of rotatable bonds is 2. The quantitative estimate of drug-likeness (QED) is 0.866. The highest BCUT2D eigenvalue weighted by Crippen LogP contribution is 2.17. The zero-order valence-electron chi connectivity index (χ0n) is 14.3. The molecule has 0 spiro atoms. The van der Waals surface area contributed by atoms with Crippen LogP contribution < -0.4 is 5.32 Å². The summed E-state index contributed by atoms with van der Waals surface area (Å²) in [7, 11) is 0. The van der Waals surface area contributed by atoms with Crippen LogP contribution in [-0.2, 0) is 9.59 Å². The molecule has 7 heteroatoms. The van der Waals surface area contributed by atoms with Crippen molar-refractivity contribution in [2.24, 2.45) is 5.92 Å². The summed E-state index contributed by atoms with van der Waals surface area (Å²) in [5, 5.41) is 2.72. The highest BCUT2D eigenvalue weighted by atomic mass is 19.1. The van der Waals surface area contributed by atoms with Gasteiger partial charge in [-0.1, -0.05) is 6.07 Å². The molecule has 2 fully saturated rings. The van der Waals surface area contributed by atoms with Gasteiger partial charge < -0.3 is 15.1 Å². The Balaban J connectivity index is 1.56. The molecule has 0 aromatic heterocycles. The van der Waals surface area contributed by atoms with Crippen LogP contribution in [0.15, 0.2) is 18.2 Å². The van der Waals surface area contributed by atoms with Gasteiger partial charge >= 0.3 is 0 Å². The molecule has 1 aromatic rings. The molecule has 0 aliphatic carbocycles. The van der Waals surface area contributed by atoms with E-state index in [2.05, 4.69) is 5.32 Å². The van der Waals surface area contributed by atoms with E-state index < -0.39 is 0 Å². The molecule has 2 saturated heterocycles. The number of hydrogen-bond acceptors (Lipinski definition) is 3. The smallest absolute Gasteiger partial charge is 0.254 e. The summed E-state index contributed by atoms with van der Waals surface area (Å²) in [4.78, 5) is 39.6. The second kappa shape index (κ2) is 7.21. The van der Waals surface area contributed by atoms with E-state index in [0.29, 0.717) is 56.7 Å². The number of amides is 3. The molecule has 2 aliphatic rings. The first-order chi connectivity index (χ1) is 12.0. The van der Waals surface area contributed by atoms with Crippen molar-refractivity contribution in [1.29, 1.82) is 0 Å². The molecule has 0 saturated carbocycles. The van der Waals surface area contributed by atoms with Crippen molar-refractivity contribution in [2.75, 3.05) is 32.7 Å². The molecule has 0 radical (unpaired) electrons. The van der Waals surface area contributed by atoms with Gasteiger partial charge in [-0.05, 0) is 31.0 Å². The number of aryl methyl sites for hydroxylation is 1. The number of hydrogen-bond donors (Lipinski definition) is 1. The van der Waals surface area contributed by atoms with Gasteiger partial charge in [0.1, 0.15) is 5.82 Å². The van der Waals surface area contributed by atoms with E-state index in [4.69, 9.17) is 0 Å². The number of piperazine rings is 1. The average Bonchev–Trinajstić information content (AvgIpc) is 2.63. The van der Waals surface area contributed by atoms with Crippen LogP contribution in [0.25, 0.3) is 0 Å². The fraction of sp³-hybridized carbons (Fsp3) is 0.500. The molecule has 2 aliphatic heterocycles. The fourth-order valence-electron chi connectivity index (χ4n) is 3.24. The summed E-state index contributed by atoms with van der Waals surface area (Å²) >= 11 is 0. The Morgan fingerprint density at radius 2 is 1.84 bits per heavy atom. The lowest BCUT2D eigenvalue weighted by Crippen LogP contribution is -2.53. The van der Waals surface area contributed by atoms with Gasteiger partial charge in [0.25, 0.3) is 5.91 Å². The standard InChI is InChI=1S/C18H22FN3O3/c1-12-2-3-13(10-15(12)19)17(24)21-6-8-22(9-7-21)18(25)14-4-5-16(23)20-11-14/h2-3,10,14H,4-9,11H2,1H3,(H,20,23). The third-order valence-corrected chi connectivity index (χ3v) is 4.91. The third kappa shape index (κ3) is 3.81. The Hall–Kier alpha value is -2.44. The van der Waals surface area contributed by atoms with Gasteiger partial charge in [0.15, 0.2) is 0 Å². The average molecular weight is 347 g/mol. The first kappa shape index (κ1) is 17.4. The summed E-state index contributed by atoms with van der Waals surface area (Å²) < 4.78 is 13.7. The van der Waals surface area contributed by atoms with Crippen LogP contribution in [0, 0.1) is 18.7 Å². The molecule has 3 amide bonds. The first-order valence-electron chi connectivity index (χ1n) is 8.56. The highest BCUT2D eigenvalue weighted by molar-refractivity contribution is 5.94. The van der Waals surface area contributed by atoms with Gasteiger partial charge in [-0.25, -0.2) is 4.39 Å². The van der Waals surface area contributed by atoms with Gasteiger partial charge in [-0.15, -0.1) is 0 Å². The Kier molecular flexibility index (Phi) is 5.01. The Morgan fingerprint density at radius 3 is 2.44 bits per heavy atom. The van der Waals surface area contributed by atoms with Crippen molar-refractivity contribution >= 4 is 17.7 Å². The molecule has 1 N–H and O–H groups in total. The normalized spacial score (nSPS) is 21.0. The van der Waals surface area contributed by atoms with Gasteiger partial charge in [-0.3, -0.25) is 14.4 Å². The molecule has 25 heavy (non-hydrogen) atoms. The predicted octanol–water partition coefficient (Wildman–Crippen LogP) is 0.945. The van der Waals surface area contributed by atoms with Crippen molar-refractivity contribution in [3.05, 3.63) is 35.1 Å². The third-order valence-electron chi connectivity index (χ3n) is 4.91. The van der Waals surface area contributed by atoms with Crippen LogP contribution in [0.5, 0.6) is 0 Å². The second-order valence-electron chi connectivity index (χ2n) is 6.62. The fourth-order valence-corrected chi connectivity index (χ4v) is 3.24. The van der Waals surface area contributed by atoms with Crippen LogP contribution in [0.1, 0.15) is 28.8 Å². The molecule has 1 aromatic carbocycles. The number of halogens is 1. The molecule has 2 heterocycles. The maximum atomic E-state index is 13.7. The van der Waals surface area contributed by atoms with Gasteiger partial charge in [0.2, 0.25) is 11.8 Å². The number of carbonyl (C=O) groups is 3. The number of nitrogens with one attached hydrogen (secondary N) is 1. The number of piperidine rings is 1. The van der Waals surface area contributed by atoms with Crippen LogP contribution in [0.2, 0.25) is 0 Å². The lowest BCUT2D eigenvalue weighted by molar-refractivity contribution is -0.138. The molecular formula is C18H22FN3O3. The Morgan fingerprint density at radius 1 is 1.16 bits per heavy atom. The van der Waals surface area contributed by atoms with E-state index in [1.54, 1.807) is 28.9 Å². The summed E-state index contributed by atoms with van der Waals surface area (Å²) in [6, 6.07) is 4.49. The van der Waals surface area contributed by atoms with Crippen LogP contribution in [0.3, 0.4) is 0 Å². The lowest BCUT2D eigenvalue weighted by atomic mass is 9.97. The molecule has 3 rings (SSSR count). The van der Waals surface area contributed by atoms with Crippen LogP contribution >= 0.6 is 0 Å². The number of nitrogens with zero attached hydrogens (tertiary/aromatic N) is 2. The molecule has 1 atom stereocenters. The SMILES string of the molecule is Cc1ccc(C(=O)N2CCN(C(=O)C3CCC(=O)NC3)CC2)cc1F. The van der Waals surface area contributed by atoms with E-state index in [0.717, 1.165) is 0 Å². The summed E-state index contributed by atoms with van der Waals surface area (Å²) in [5.74, 6) is -0.751. The van der Waals surface area contributed by atoms with E-state index in [1.807, 2.05) is 0 Å². The van der Waals surface area contributed by atoms with E-state index >= 15 is 0 Å². The van der Waals surface area contributed by atoms with Crippen molar-refractivity contribution in [3.8, 4) is 0 Å². The van der Waals surface area contributed by atoms with Crippen molar-refractivity contribution < 1.29 is 18.8 Å². The van der Waals surface area contributed by atoms with Gasteiger partial charge in [0, 0.05) is 44.7 Å². The molecule has 1 unspecified atom stereocenters. The Labute approximate surface area is 146 Å². The maximum absolute atomic E-state index is 13.7. The number of carbonyl (C=O) groups excluding carboxylic acids is 3.